The Kier molecular flexibility index (Phi) is 13.2. The molecule has 0 saturated carbocycles. The van der Waals surface area contributed by atoms with Crippen LogP contribution in [0.1, 0.15) is 59.8 Å². The summed E-state index contributed by atoms with van der Waals surface area (Å²) in [4.78, 5) is 0. The zero-order valence-corrected chi connectivity index (χ0v) is 10.3. The molecule has 1 atom stereocenters. The SMILES string of the molecule is CCCCC([CH-]CC(C)C)CC.[Li+]. The first-order valence-corrected chi connectivity index (χ1v) is 5.54. The molecule has 0 amide bonds. The second kappa shape index (κ2) is 10.7. The first-order chi connectivity index (χ1) is 5.70. The Morgan fingerprint density at radius 3 is 2.15 bits per heavy atom. The molecule has 0 saturated heterocycles. The zero-order valence-electron chi connectivity index (χ0n) is 10.3. The summed E-state index contributed by atoms with van der Waals surface area (Å²) in [6, 6.07) is 0. The van der Waals surface area contributed by atoms with E-state index >= 15 is 0 Å². The largest absolute Gasteiger partial charge is 1.00 e. The third-order valence-electron chi connectivity index (χ3n) is 2.39. The summed E-state index contributed by atoms with van der Waals surface area (Å²) >= 11 is 0. The van der Waals surface area contributed by atoms with Crippen LogP contribution in [0, 0.1) is 18.3 Å². The molecule has 0 aromatic carbocycles. The molecule has 1 unspecified atom stereocenters. The van der Waals surface area contributed by atoms with Crippen molar-refractivity contribution >= 4 is 0 Å². The van der Waals surface area contributed by atoms with E-state index in [1.54, 1.807) is 0 Å². The quantitative estimate of drug-likeness (QED) is 0.407. The molecular formula is C12H25Li. The van der Waals surface area contributed by atoms with Gasteiger partial charge in [-0.05, 0) is 0 Å². The van der Waals surface area contributed by atoms with Gasteiger partial charge >= 0.3 is 18.9 Å². The Hall–Kier alpha value is 0.597. The van der Waals surface area contributed by atoms with E-state index < -0.39 is 0 Å². The number of hydrogen-bond acceptors (Lipinski definition) is 0. The predicted molar refractivity (Wildman–Crippen MR) is 57.1 cm³/mol. The first-order valence-electron chi connectivity index (χ1n) is 5.54. The minimum atomic E-state index is 0. The van der Waals surface area contributed by atoms with Gasteiger partial charge in [0.05, 0.1) is 0 Å². The van der Waals surface area contributed by atoms with Crippen LogP contribution in [0.5, 0.6) is 0 Å². The zero-order chi connectivity index (χ0) is 9.40. The average molecular weight is 176 g/mol. The maximum absolute atomic E-state index is 2.53. The summed E-state index contributed by atoms with van der Waals surface area (Å²) in [5.74, 6) is 1.72. The first kappa shape index (κ1) is 16.0. The van der Waals surface area contributed by atoms with Crippen molar-refractivity contribution in [3.63, 3.8) is 0 Å². The molecule has 0 N–H and O–H groups in total. The van der Waals surface area contributed by atoms with Crippen LogP contribution in [0.4, 0.5) is 0 Å². The van der Waals surface area contributed by atoms with Crippen molar-refractivity contribution in [1.82, 2.24) is 0 Å². The van der Waals surface area contributed by atoms with E-state index in [0.717, 1.165) is 11.8 Å². The van der Waals surface area contributed by atoms with Crippen molar-refractivity contribution in [2.45, 2.75) is 59.8 Å². The topological polar surface area (TPSA) is 0 Å². The molecule has 0 aromatic heterocycles. The molecular weight excluding hydrogens is 151 g/mol. The van der Waals surface area contributed by atoms with Gasteiger partial charge in [-0.1, -0.05) is 59.3 Å². The van der Waals surface area contributed by atoms with Gasteiger partial charge in [-0.25, -0.2) is 0 Å². The minimum absolute atomic E-state index is 0. The molecule has 13 heavy (non-hydrogen) atoms. The summed E-state index contributed by atoms with van der Waals surface area (Å²) in [6.07, 6.45) is 9.29. The standard InChI is InChI=1S/C12H25.Li/c1-5-7-8-12(6-2)10-9-11(3)4;/h10-12H,5-9H2,1-4H3;/q-1;+1. The maximum atomic E-state index is 2.53. The number of hydrogen-bond donors (Lipinski definition) is 0. The van der Waals surface area contributed by atoms with Crippen molar-refractivity contribution < 1.29 is 18.9 Å². The Balaban J connectivity index is 0. The van der Waals surface area contributed by atoms with Crippen LogP contribution in [0.3, 0.4) is 0 Å². The third-order valence-corrected chi connectivity index (χ3v) is 2.39. The molecule has 1 heteroatoms. The van der Waals surface area contributed by atoms with E-state index in [9.17, 15) is 0 Å². The monoisotopic (exact) mass is 176 g/mol. The molecule has 74 valence electrons. The fraction of sp³-hybridized carbons (Fsp3) is 0.917. The molecule has 0 spiro atoms. The summed E-state index contributed by atoms with van der Waals surface area (Å²) in [6.45, 7) is 9.17. The van der Waals surface area contributed by atoms with Crippen molar-refractivity contribution in [3.05, 3.63) is 6.42 Å². The molecule has 0 rings (SSSR count). The summed E-state index contributed by atoms with van der Waals surface area (Å²) in [5, 5.41) is 0. The minimum Gasteiger partial charge on any atom is -0.325 e. The molecule has 0 aromatic rings. The Morgan fingerprint density at radius 2 is 1.77 bits per heavy atom. The molecule has 0 nitrogen and oxygen atoms in total. The van der Waals surface area contributed by atoms with E-state index in [4.69, 9.17) is 0 Å². The van der Waals surface area contributed by atoms with Crippen molar-refractivity contribution in [1.29, 1.82) is 0 Å². The van der Waals surface area contributed by atoms with Crippen LogP contribution in [-0.4, -0.2) is 0 Å². The summed E-state index contributed by atoms with van der Waals surface area (Å²) in [7, 11) is 0. The van der Waals surface area contributed by atoms with Crippen LogP contribution < -0.4 is 18.9 Å². The Bertz CT molecular complexity index is 89.1. The van der Waals surface area contributed by atoms with Gasteiger partial charge in [-0.3, -0.25) is 0 Å². The molecule has 0 heterocycles. The van der Waals surface area contributed by atoms with Gasteiger partial charge in [0.2, 0.25) is 0 Å². The second-order valence-electron chi connectivity index (χ2n) is 4.18. The molecule has 0 aliphatic heterocycles. The van der Waals surface area contributed by atoms with Crippen molar-refractivity contribution in [3.8, 4) is 0 Å². The van der Waals surface area contributed by atoms with Crippen LogP contribution in [0.2, 0.25) is 0 Å². The normalized spacial score (nSPS) is 12.7. The smallest absolute Gasteiger partial charge is 0.325 e. The Morgan fingerprint density at radius 1 is 1.15 bits per heavy atom. The van der Waals surface area contributed by atoms with Crippen molar-refractivity contribution in [2.75, 3.05) is 0 Å². The predicted octanol–water partition coefficient (Wildman–Crippen LogP) is 1.46. The van der Waals surface area contributed by atoms with Gasteiger partial charge < -0.3 is 6.42 Å². The van der Waals surface area contributed by atoms with Crippen molar-refractivity contribution in [2.24, 2.45) is 11.8 Å². The molecule has 0 radical (unpaired) electrons. The van der Waals surface area contributed by atoms with E-state index in [2.05, 4.69) is 34.1 Å². The summed E-state index contributed by atoms with van der Waals surface area (Å²) in [5.41, 5.74) is 0. The van der Waals surface area contributed by atoms with E-state index in [1.165, 1.54) is 32.1 Å². The fourth-order valence-electron chi connectivity index (χ4n) is 1.42. The number of unbranched alkanes of at least 4 members (excludes halogenated alkanes) is 1. The van der Waals surface area contributed by atoms with Gasteiger partial charge in [0.1, 0.15) is 0 Å². The fourth-order valence-corrected chi connectivity index (χ4v) is 1.42. The Labute approximate surface area is 97.1 Å². The van der Waals surface area contributed by atoms with Gasteiger partial charge in [0.15, 0.2) is 0 Å². The van der Waals surface area contributed by atoms with Gasteiger partial charge in [0.25, 0.3) is 0 Å². The van der Waals surface area contributed by atoms with Crippen LogP contribution in [0.25, 0.3) is 0 Å². The van der Waals surface area contributed by atoms with Gasteiger partial charge in [-0.15, -0.1) is 0 Å². The second-order valence-corrected chi connectivity index (χ2v) is 4.18. The molecule has 0 fully saturated rings. The van der Waals surface area contributed by atoms with E-state index in [0.29, 0.717) is 0 Å². The van der Waals surface area contributed by atoms with Crippen LogP contribution in [-0.2, 0) is 0 Å². The van der Waals surface area contributed by atoms with E-state index in [-0.39, 0.29) is 18.9 Å². The number of rotatable bonds is 7. The van der Waals surface area contributed by atoms with Gasteiger partial charge in [0, 0.05) is 0 Å². The average Bonchev–Trinajstić information content (AvgIpc) is 2.05. The van der Waals surface area contributed by atoms with E-state index in [1.807, 2.05) is 0 Å². The maximum Gasteiger partial charge on any atom is 1.00 e. The molecule has 0 aliphatic carbocycles. The summed E-state index contributed by atoms with van der Waals surface area (Å²) < 4.78 is 0. The van der Waals surface area contributed by atoms with Crippen LogP contribution in [0.15, 0.2) is 0 Å². The third kappa shape index (κ3) is 10.5. The molecule has 0 bridgehead atoms. The van der Waals surface area contributed by atoms with Gasteiger partial charge in [-0.2, -0.15) is 12.3 Å². The van der Waals surface area contributed by atoms with Crippen LogP contribution >= 0.6 is 0 Å². The molecule has 0 aliphatic rings.